The molecule has 11 aromatic carbocycles. The van der Waals surface area contributed by atoms with Gasteiger partial charge in [0.2, 0.25) is 0 Å². The molecule has 0 atom stereocenters. The third kappa shape index (κ3) is 8.19. The lowest BCUT2D eigenvalue weighted by Gasteiger charge is -2.42. The molecule has 0 aliphatic rings. The van der Waals surface area contributed by atoms with Crippen molar-refractivity contribution in [2.24, 2.45) is 0 Å². The van der Waals surface area contributed by atoms with Crippen molar-refractivity contribution in [3.8, 4) is 45.9 Å². The molecule has 13 rings (SSSR count). The summed E-state index contributed by atoms with van der Waals surface area (Å²) in [5.74, 6) is 1.66. The van der Waals surface area contributed by atoms with Gasteiger partial charge >= 0.3 is 0 Å². The van der Waals surface area contributed by atoms with Crippen LogP contribution in [-0.4, -0.2) is 19.5 Å². The molecule has 0 aliphatic heterocycles. The van der Waals surface area contributed by atoms with Crippen LogP contribution in [0.2, 0.25) is 0 Å². The summed E-state index contributed by atoms with van der Waals surface area (Å²) < 4.78 is 2.28. The van der Waals surface area contributed by atoms with Crippen molar-refractivity contribution in [1.29, 1.82) is 5.26 Å². The zero-order valence-electron chi connectivity index (χ0n) is 41.8. The predicted molar refractivity (Wildman–Crippen MR) is 315 cm³/mol. The van der Waals surface area contributed by atoms with Gasteiger partial charge in [-0.3, -0.25) is 0 Å². The van der Waals surface area contributed by atoms with Gasteiger partial charge in [-0.05, 0) is 133 Å². The van der Waals surface area contributed by atoms with Crippen LogP contribution in [0.5, 0.6) is 0 Å². The maximum Gasteiger partial charge on any atom is 0.166 e. The smallest absolute Gasteiger partial charge is 0.166 e. The van der Waals surface area contributed by atoms with Crippen molar-refractivity contribution in [2.75, 3.05) is 0 Å². The van der Waals surface area contributed by atoms with Gasteiger partial charge in [0, 0.05) is 66.6 Å². The van der Waals surface area contributed by atoms with Crippen LogP contribution in [0, 0.1) is 11.3 Å². The quantitative estimate of drug-likeness (QED) is 0.122. The Morgan fingerprint density at radius 1 is 0.299 bits per heavy atom. The highest BCUT2D eigenvalue weighted by Gasteiger charge is 2.35. The van der Waals surface area contributed by atoms with Crippen LogP contribution in [0.15, 0.2) is 336 Å². The van der Waals surface area contributed by atoms with E-state index in [0.29, 0.717) is 23.0 Å². The van der Waals surface area contributed by atoms with E-state index in [4.69, 9.17) is 15.0 Å². The minimum Gasteiger partial charge on any atom is -0.309 e. The van der Waals surface area contributed by atoms with E-state index in [1.807, 2.05) is 18.2 Å². The molecule has 2 heterocycles. The number of fused-ring (bicyclic) bond motifs is 3. The van der Waals surface area contributed by atoms with Crippen LogP contribution in [-0.2, 0) is 0 Å². The van der Waals surface area contributed by atoms with Gasteiger partial charge in [0.05, 0.1) is 28.4 Å². The van der Waals surface area contributed by atoms with Crippen LogP contribution in [0.25, 0.3) is 61.7 Å². The average molecular weight is 1020 g/mol. The molecular formula is C70H49N5S2. The molecule has 0 amide bonds. The molecule has 0 aliphatic carbocycles. The van der Waals surface area contributed by atoms with Crippen LogP contribution in [0.1, 0.15) is 5.56 Å². The summed E-state index contributed by atoms with van der Waals surface area (Å²) in [7, 11) is -4.08. The largest absolute Gasteiger partial charge is 0.309 e. The van der Waals surface area contributed by atoms with E-state index in [1.165, 1.54) is 29.4 Å². The Hall–Kier alpha value is -9.58. The first-order chi connectivity index (χ1) is 38.1. The zero-order valence-corrected chi connectivity index (χ0v) is 43.5. The van der Waals surface area contributed by atoms with E-state index in [-0.39, 0.29) is 0 Å². The van der Waals surface area contributed by atoms with Crippen molar-refractivity contribution in [3.63, 3.8) is 0 Å². The van der Waals surface area contributed by atoms with Crippen molar-refractivity contribution in [1.82, 2.24) is 19.5 Å². The lowest BCUT2D eigenvalue weighted by Crippen LogP contribution is -2.07. The summed E-state index contributed by atoms with van der Waals surface area (Å²) in [5.41, 5.74) is 6.11. The maximum atomic E-state index is 10.0. The third-order valence-corrected chi connectivity index (χ3v) is 22.1. The fourth-order valence-corrected chi connectivity index (χ4v) is 18.8. The first-order valence-electron chi connectivity index (χ1n) is 25.6. The molecule has 13 aromatic rings. The lowest BCUT2D eigenvalue weighted by molar-refractivity contribution is 1.06. The number of benzene rings is 11. The first-order valence-corrected chi connectivity index (χ1v) is 28.9. The Morgan fingerprint density at radius 2 is 0.662 bits per heavy atom. The van der Waals surface area contributed by atoms with Gasteiger partial charge in [0.1, 0.15) is 0 Å². The molecule has 7 heteroatoms. The van der Waals surface area contributed by atoms with Crippen LogP contribution >= 0.6 is 20.1 Å². The average Bonchev–Trinajstić information content (AvgIpc) is 3.85. The third-order valence-electron chi connectivity index (χ3n) is 14.3. The molecule has 0 spiro atoms. The van der Waals surface area contributed by atoms with Crippen LogP contribution in [0.3, 0.4) is 0 Å². The van der Waals surface area contributed by atoms with E-state index in [9.17, 15) is 5.26 Å². The van der Waals surface area contributed by atoms with E-state index in [0.717, 1.165) is 54.0 Å². The second kappa shape index (κ2) is 20.3. The van der Waals surface area contributed by atoms with Gasteiger partial charge in [-0.15, -0.1) is 20.1 Å². The Bertz CT molecular complexity index is 3900. The number of nitrogens with zero attached hydrogens (tertiary/aromatic N) is 5. The summed E-state index contributed by atoms with van der Waals surface area (Å²) in [4.78, 5) is 26.3. The number of nitriles is 1. The lowest BCUT2D eigenvalue weighted by atomic mass is 10.1. The summed E-state index contributed by atoms with van der Waals surface area (Å²) in [6, 6.07) is 108. The molecule has 0 unspecified atom stereocenters. The van der Waals surface area contributed by atoms with Gasteiger partial charge in [-0.1, -0.05) is 164 Å². The molecule has 0 saturated heterocycles. The number of rotatable bonds is 12. The number of hydrogen-bond donors (Lipinski definition) is 0. The van der Waals surface area contributed by atoms with Crippen molar-refractivity contribution in [3.05, 3.63) is 303 Å². The zero-order chi connectivity index (χ0) is 51.6. The Balaban J connectivity index is 1.08. The summed E-state index contributed by atoms with van der Waals surface area (Å²) in [5, 5.41) is 12.1. The highest BCUT2D eigenvalue weighted by molar-refractivity contribution is 8.34. The molecule has 0 saturated carbocycles. The standard InChI is InChI=1S/C70H49N5S2/c71-50-51-45-46-67-64(47-51)62-41-19-21-43-65(62)75(67)66-44-22-20-42-63(66)70-73-68(52-25-23-39-60(48-52)76(54-27-7-1-8-28-54,55-29-9-2-10-30-55)56-31-11-3-12-32-56)72-69(74-70)53-26-24-40-61(49-53)77(57-33-13-4-14-34-57,58-35-15-5-16-36-58)59-37-17-6-18-38-59/h1-49H. The SMILES string of the molecule is N#Cc1ccc2c(c1)c1ccccc1n2-c1ccccc1-c1nc(-c2cccc(S(c3ccccc3)(c3ccccc3)c3ccccc3)c2)nc(-c2cccc(S(c3ccccc3)(c3ccccc3)c3ccccc3)c2)n1. The van der Waals surface area contributed by atoms with E-state index in [1.54, 1.807) is 0 Å². The fourth-order valence-electron chi connectivity index (χ4n) is 10.9. The van der Waals surface area contributed by atoms with E-state index < -0.39 is 20.1 Å². The Labute approximate surface area is 451 Å². The minimum atomic E-state index is -2.04. The topological polar surface area (TPSA) is 67.4 Å². The monoisotopic (exact) mass is 1020 g/mol. The molecule has 5 nitrogen and oxygen atoms in total. The van der Waals surface area contributed by atoms with Crippen molar-refractivity contribution in [2.45, 2.75) is 39.2 Å². The summed E-state index contributed by atoms with van der Waals surface area (Å²) >= 11 is 0. The van der Waals surface area contributed by atoms with Crippen LogP contribution in [0.4, 0.5) is 0 Å². The molecule has 0 radical (unpaired) electrons. The fraction of sp³-hybridized carbons (Fsp3) is 0. The number of para-hydroxylation sites is 2. The van der Waals surface area contributed by atoms with Crippen molar-refractivity contribution < 1.29 is 0 Å². The molecule has 0 fully saturated rings. The minimum absolute atomic E-state index is 0.538. The van der Waals surface area contributed by atoms with E-state index in [2.05, 4.69) is 290 Å². The second-order valence-corrected chi connectivity index (χ2v) is 24.9. The van der Waals surface area contributed by atoms with Gasteiger partial charge in [-0.25, -0.2) is 15.0 Å². The molecule has 0 N–H and O–H groups in total. The molecule has 77 heavy (non-hydrogen) atoms. The number of hydrogen-bond acceptors (Lipinski definition) is 4. The molecule has 0 bridgehead atoms. The maximum absolute atomic E-state index is 10.0. The van der Waals surface area contributed by atoms with Gasteiger partial charge in [0.25, 0.3) is 0 Å². The van der Waals surface area contributed by atoms with Crippen LogP contribution < -0.4 is 0 Å². The highest BCUT2D eigenvalue weighted by Crippen LogP contribution is 2.75. The molecule has 366 valence electrons. The predicted octanol–water partition coefficient (Wildman–Crippen LogP) is 18.5. The Morgan fingerprint density at radius 3 is 1.10 bits per heavy atom. The summed E-state index contributed by atoms with van der Waals surface area (Å²) in [6.45, 7) is 0. The number of aromatic nitrogens is 4. The van der Waals surface area contributed by atoms with Crippen molar-refractivity contribution >= 4 is 41.9 Å². The van der Waals surface area contributed by atoms with Gasteiger partial charge in [0.15, 0.2) is 17.5 Å². The van der Waals surface area contributed by atoms with E-state index >= 15 is 0 Å². The highest BCUT2D eigenvalue weighted by atomic mass is 32.3. The normalized spacial score (nSPS) is 12.0. The first kappa shape index (κ1) is 47.2. The second-order valence-electron chi connectivity index (χ2n) is 18.7. The molecular weight excluding hydrogens is 975 g/mol. The molecule has 2 aromatic heterocycles. The summed E-state index contributed by atoms with van der Waals surface area (Å²) in [6.07, 6.45) is 0. The van der Waals surface area contributed by atoms with Gasteiger partial charge < -0.3 is 4.57 Å². The van der Waals surface area contributed by atoms with Gasteiger partial charge in [-0.2, -0.15) is 5.26 Å². The Kier molecular flexibility index (Phi) is 12.4.